The van der Waals surface area contributed by atoms with Crippen LogP contribution in [0.5, 0.6) is 0 Å². The molecule has 2 aromatic rings. The van der Waals surface area contributed by atoms with Crippen molar-refractivity contribution in [2.24, 2.45) is 0 Å². The summed E-state index contributed by atoms with van der Waals surface area (Å²) in [7, 11) is -3.72. The van der Waals surface area contributed by atoms with Crippen molar-refractivity contribution in [1.29, 1.82) is 0 Å². The Morgan fingerprint density at radius 2 is 1.91 bits per heavy atom. The monoisotopic (exact) mass is 523 g/mol. The first-order valence-electron chi connectivity index (χ1n) is 11.8. The van der Waals surface area contributed by atoms with Gasteiger partial charge in [0.1, 0.15) is 0 Å². The van der Waals surface area contributed by atoms with E-state index in [4.69, 9.17) is 4.74 Å². The zero-order valence-corrected chi connectivity index (χ0v) is 22.0. The topological polar surface area (TPSA) is 125 Å². The highest BCUT2D eigenvalue weighted by molar-refractivity contribution is 7.99. The van der Waals surface area contributed by atoms with Crippen molar-refractivity contribution in [3.63, 3.8) is 0 Å². The molecule has 0 saturated carbocycles. The van der Waals surface area contributed by atoms with Gasteiger partial charge in [0, 0.05) is 37.9 Å². The standard InChI is InChI=1S/C23H33N5O5S2/c1-4-7-17-14-21(29)26-23(24-17)34-16-22(30)25-19-15-18(8-9-20(19)27(5-2)6-3)35(31,32)28-10-12-33-13-11-28/h8-9,14-15H,4-7,10-13,16H2,1-3H3,(H,25,30)(H,24,26,29). The number of morpholine rings is 1. The number of ether oxygens (including phenoxy) is 1. The Morgan fingerprint density at radius 1 is 1.20 bits per heavy atom. The van der Waals surface area contributed by atoms with Crippen LogP contribution in [0, 0.1) is 0 Å². The molecule has 1 fully saturated rings. The van der Waals surface area contributed by atoms with E-state index in [1.165, 1.54) is 16.4 Å². The number of hydrogen-bond acceptors (Lipinski definition) is 8. The highest BCUT2D eigenvalue weighted by Crippen LogP contribution is 2.31. The zero-order valence-electron chi connectivity index (χ0n) is 20.4. The molecular weight excluding hydrogens is 490 g/mol. The van der Waals surface area contributed by atoms with E-state index in [9.17, 15) is 18.0 Å². The quantitative estimate of drug-likeness (QED) is 0.340. The van der Waals surface area contributed by atoms with Crippen LogP contribution in [-0.4, -0.2) is 73.7 Å². The number of nitrogens with zero attached hydrogens (tertiary/aromatic N) is 3. The van der Waals surface area contributed by atoms with Crippen molar-refractivity contribution < 1.29 is 17.9 Å². The summed E-state index contributed by atoms with van der Waals surface area (Å²) in [5.74, 6) is -0.315. The molecule has 0 radical (unpaired) electrons. The highest BCUT2D eigenvalue weighted by atomic mass is 32.2. The van der Waals surface area contributed by atoms with Gasteiger partial charge in [0.15, 0.2) is 5.16 Å². The van der Waals surface area contributed by atoms with Gasteiger partial charge < -0.3 is 19.9 Å². The first-order chi connectivity index (χ1) is 16.8. The van der Waals surface area contributed by atoms with Crippen molar-refractivity contribution in [2.45, 2.75) is 43.7 Å². The largest absolute Gasteiger partial charge is 0.379 e. The molecule has 3 rings (SSSR count). The molecular formula is C23H33N5O5S2. The SMILES string of the molecule is CCCc1cc(=O)[nH]c(SCC(=O)Nc2cc(S(=O)(=O)N3CCOCC3)ccc2N(CC)CC)n1. The second kappa shape index (κ2) is 12.5. The summed E-state index contributed by atoms with van der Waals surface area (Å²) in [5, 5.41) is 3.25. The van der Waals surface area contributed by atoms with E-state index in [0.717, 1.165) is 23.9 Å². The average molecular weight is 524 g/mol. The van der Waals surface area contributed by atoms with E-state index < -0.39 is 10.0 Å². The van der Waals surface area contributed by atoms with Gasteiger partial charge >= 0.3 is 0 Å². The molecule has 0 aliphatic carbocycles. The molecule has 2 heterocycles. The number of nitrogens with one attached hydrogen (secondary N) is 2. The van der Waals surface area contributed by atoms with Gasteiger partial charge in [0.25, 0.3) is 5.56 Å². The number of hydrogen-bond donors (Lipinski definition) is 2. The molecule has 0 spiro atoms. The number of aromatic amines is 1. The fourth-order valence-electron chi connectivity index (χ4n) is 3.81. The molecule has 1 aliphatic heterocycles. The average Bonchev–Trinajstić information content (AvgIpc) is 2.84. The lowest BCUT2D eigenvalue weighted by Gasteiger charge is -2.28. The Kier molecular flexibility index (Phi) is 9.72. The van der Waals surface area contributed by atoms with Crippen LogP contribution in [0.2, 0.25) is 0 Å². The van der Waals surface area contributed by atoms with Gasteiger partial charge in [-0.15, -0.1) is 0 Å². The van der Waals surface area contributed by atoms with E-state index in [1.54, 1.807) is 12.1 Å². The van der Waals surface area contributed by atoms with Crippen LogP contribution >= 0.6 is 11.8 Å². The van der Waals surface area contributed by atoms with Crippen LogP contribution in [0.15, 0.2) is 39.1 Å². The number of sulfonamides is 1. The van der Waals surface area contributed by atoms with Crippen LogP contribution in [-0.2, 0) is 26.0 Å². The maximum atomic E-state index is 13.2. The first kappa shape index (κ1) is 27.2. The Bertz CT molecular complexity index is 1180. The molecule has 1 saturated heterocycles. The van der Waals surface area contributed by atoms with Crippen LogP contribution < -0.4 is 15.8 Å². The summed E-state index contributed by atoms with van der Waals surface area (Å²) in [6.07, 6.45) is 1.54. The normalized spacial score (nSPS) is 14.6. The molecule has 12 heteroatoms. The number of amides is 1. The van der Waals surface area contributed by atoms with E-state index >= 15 is 0 Å². The number of aryl methyl sites for hydroxylation is 1. The third kappa shape index (κ3) is 7.06. The Balaban J connectivity index is 1.82. The van der Waals surface area contributed by atoms with Crippen LogP contribution in [0.4, 0.5) is 11.4 Å². The molecule has 0 bridgehead atoms. The van der Waals surface area contributed by atoms with Crippen molar-refractivity contribution >= 4 is 39.1 Å². The summed E-state index contributed by atoms with van der Waals surface area (Å²) in [6.45, 7) is 8.67. The molecule has 35 heavy (non-hydrogen) atoms. The smallest absolute Gasteiger partial charge is 0.251 e. The Labute approximate surface area is 210 Å². The molecule has 1 aliphatic rings. The summed E-state index contributed by atoms with van der Waals surface area (Å²) in [5.41, 5.74) is 1.60. The number of carbonyl (C=O) groups excluding carboxylic acids is 1. The Morgan fingerprint density at radius 3 is 2.57 bits per heavy atom. The number of rotatable bonds is 11. The minimum Gasteiger partial charge on any atom is -0.379 e. The molecule has 0 atom stereocenters. The fraction of sp³-hybridized carbons (Fsp3) is 0.522. The van der Waals surface area contributed by atoms with Gasteiger partial charge in [0.05, 0.1) is 35.2 Å². The second-order valence-corrected chi connectivity index (χ2v) is 10.9. The molecule has 1 amide bonds. The lowest BCUT2D eigenvalue weighted by molar-refractivity contribution is -0.113. The van der Waals surface area contributed by atoms with Gasteiger partial charge in [-0.25, -0.2) is 13.4 Å². The predicted octanol–water partition coefficient (Wildman–Crippen LogP) is 2.32. The number of anilines is 2. The molecule has 192 valence electrons. The van der Waals surface area contributed by atoms with Crippen molar-refractivity contribution in [2.75, 3.05) is 55.4 Å². The van der Waals surface area contributed by atoms with E-state index in [2.05, 4.69) is 15.3 Å². The Hall–Kier alpha value is -2.41. The summed E-state index contributed by atoms with van der Waals surface area (Å²) >= 11 is 1.13. The minimum absolute atomic E-state index is 0.0106. The molecule has 2 N–H and O–H groups in total. The van der Waals surface area contributed by atoms with Crippen LogP contribution in [0.25, 0.3) is 0 Å². The lowest BCUT2D eigenvalue weighted by atomic mass is 10.2. The van der Waals surface area contributed by atoms with Gasteiger partial charge in [-0.3, -0.25) is 9.59 Å². The van der Waals surface area contributed by atoms with Gasteiger partial charge in [0.2, 0.25) is 15.9 Å². The number of thioether (sulfide) groups is 1. The van der Waals surface area contributed by atoms with Crippen molar-refractivity contribution in [3.05, 3.63) is 40.3 Å². The van der Waals surface area contributed by atoms with Crippen LogP contribution in [0.1, 0.15) is 32.9 Å². The summed E-state index contributed by atoms with van der Waals surface area (Å²) in [6, 6.07) is 6.29. The third-order valence-electron chi connectivity index (χ3n) is 5.57. The van der Waals surface area contributed by atoms with Crippen molar-refractivity contribution in [1.82, 2.24) is 14.3 Å². The summed E-state index contributed by atoms with van der Waals surface area (Å²) in [4.78, 5) is 33.9. The van der Waals surface area contributed by atoms with E-state index in [0.29, 0.717) is 62.4 Å². The lowest BCUT2D eigenvalue weighted by Crippen LogP contribution is -2.40. The van der Waals surface area contributed by atoms with Gasteiger partial charge in [-0.2, -0.15) is 4.31 Å². The predicted molar refractivity (Wildman–Crippen MR) is 138 cm³/mol. The third-order valence-corrected chi connectivity index (χ3v) is 8.34. The van der Waals surface area contributed by atoms with Crippen LogP contribution in [0.3, 0.4) is 0 Å². The second-order valence-electron chi connectivity index (χ2n) is 8.00. The molecule has 0 unspecified atom stereocenters. The zero-order chi connectivity index (χ0) is 25.4. The van der Waals surface area contributed by atoms with E-state index in [-0.39, 0.29) is 22.1 Å². The molecule has 1 aromatic carbocycles. The maximum absolute atomic E-state index is 13.2. The summed E-state index contributed by atoms with van der Waals surface area (Å²) < 4.78 is 33.0. The number of carbonyl (C=O) groups is 1. The number of H-pyrrole nitrogens is 1. The maximum Gasteiger partial charge on any atom is 0.251 e. The minimum atomic E-state index is -3.72. The van der Waals surface area contributed by atoms with Gasteiger partial charge in [-0.1, -0.05) is 25.1 Å². The number of aromatic nitrogens is 2. The molecule has 1 aromatic heterocycles. The van der Waals surface area contributed by atoms with E-state index in [1.807, 2.05) is 25.7 Å². The fourth-order valence-corrected chi connectivity index (χ4v) is 5.94. The molecule has 10 nitrogen and oxygen atoms in total. The highest BCUT2D eigenvalue weighted by Gasteiger charge is 2.27. The number of benzene rings is 1. The first-order valence-corrected chi connectivity index (χ1v) is 14.2. The van der Waals surface area contributed by atoms with Crippen molar-refractivity contribution in [3.8, 4) is 0 Å². The van der Waals surface area contributed by atoms with Gasteiger partial charge in [-0.05, 0) is 38.5 Å².